The van der Waals surface area contributed by atoms with Crippen LogP contribution < -0.4 is 21.5 Å². The number of para-hydroxylation sites is 1. The van der Waals surface area contributed by atoms with Crippen molar-refractivity contribution in [3.63, 3.8) is 0 Å². The molecule has 3 N–H and O–H groups in total. The van der Waals surface area contributed by atoms with Crippen molar-refractivity contribution in [3.8, 4) is 5.75 Å². The molecule has 8 nitrogen and oxygen atoms in total. The Morgan fingerprint density at radius 1 is 1.16 bits per heavy atom. The van der Waals surface area contributed by atoms with Crippen molar-refractivity contribution < 1.29 is 13.7 Å². The lowest BCUT2D eigenvalue weighted by atomic mass is 9.72. The number of aryl methyl sites for hydroxylation is 1. The molecule has 2 unspecified atom stereocenters. The number of hydrogen-bond acceptors (Lipinski definition) is 7. The number of phenols is 1. The number of rotatable bonds is 6. The van der Waals surface area contributed by atoms with Crippen LogP contribution in [0.5, 0.6) is 5.75 Å². The molecule has 1 heterocycles. The lowest BCUT2D eigenvalue weighted by molar-refractivity contribution is 0.250. The van der Waals surface area contributed by atoms with Gasteiger partial charge in [0.15, 0.2) is 5.75 Å². The summed E-state index contributed by atoms with van der Waals surface area (Å²) in [6.45, 7) is 4.20. The maximum atomic E-state index is 12.4. The van der Waals surface area contributed by atoms with Gasteiger partial charge in [-0.15, -0.1) is 0 Å². The van der Waals surface area contributed by atoms with E-state index in [0.717, 1.165) is 24.2 Å². The molecule has 0 saturated carbocycles. The third-order valence-electron chi connectivity index (χ3n) is 5.85. The summed E-state index contributed by atoms with van der Waals surface area (Å²) in [4.78, 5) is 24.9. The Hall–Kier alpha value is -2.91. The summed E-state index contributed by atoms with van der Waals surface area (Å²) < 4.78 is 19.4. The van der Waals surface area contributed by atoms with E-state index in [2.05, 4.69) is 24.5 Å². The quantitative estimate of drug-likeness (QED) is 0.397. The first-order valence-electron chi connectivity index (χ1n) is 9.96. The minimum absolute atomic E-state index is 0.0829. The largest absolute Gasteiger partial charge is 0.505 e. The van der Waals surface area contributed by atoms with Gasteiger partial charge in [0.1, 0.15) is 28.1 Å². The van der Waals surface area contributed by atoms with Crippen LogP contribution in [0.25, 0.3) is 0 Å². The first-order valence-corrected chi connectivity index (χ1v) is 11.1. The maximum Gasteiger partial charge on any atom is 0.253 e. The zero-order chi connectivity index (χ0) is 22.5. The number of fused-ring (bicyclic) bond motifs is 1. The van der Waals surface area contributed by atoms with E-state index in [0.29, 0.717) is 0 Å². The van der Waals surface area contributed by atoms with E-state index in [1.807, 2.05) is 6.07 Å². The highest BCUT2D eigenvalue weighted by atomic mass is 32.2. The van der Waals surface area contributed by atoms with Gasteiger partial charge in [0.2, 0.25) is 0 Å². The highest BCUT2D eigenvalue weighted by Crippen LogP contribution is 2.46. The normalized spacial score (nSPS) is 18.7. The molecule has 0 fully saturated rings. The van der Waals surface area contributed by atoms with Crippen molar-refractivity contribution in [3.05, 3.63) is 62.3 Å². The van der Waals surface area contributed by atoms with Gasteiger partial charge in [-0.25, -0.2) is 8.51 Å². The van der Waals surface area contributed by atoms with Gasteiger partial charge in [-0.3, -0.25) is 9.59 Å². The Morgan fingerprint density at radius 2 is 1.87 bits per heavy atom. The molecule has 3 aromatic rings. The summed E-state index contributed by atoms with van der Waals surface area (Å²) in [7, 11) is 1.69. The molecule has 0 amide bonds. The van der Waals surface area contributed by atoms with Gasteiger partial charge in [-0.05, 0) is 44.1 Å². The first-order chi connectivity index (χ1) is 14.6. The molecule has 9 heteroatoms. The highest BCUT2D eigenvalue weighted by molar-refractivity contribution is 7.82. The van der Waals surface area contributed by atoms with Gasteiger partial charge in [-0.2, -0.15) is 0 Å². The number of anilines is 3. The smallest absolute Gasteiger partial charge is 0.253 e. The molecule has 0 spiro atoms. The van der Waals surface area contributed by atoms with E-state index in [-0.39, 0.29) is 39.2 Å². The van der Waals surface area contributed by atoms with Crippen LogP contribution in [0.1, 0.15) is 37.6 Å². The van der Waals surface area contributed by atoms with Crippen molar-refractivity contribution in [2.75, 3.05) is 24.7 Å². The standard InChI is InChI=1S/C22H25N3O5S/c1-22(2)10-8-14-12(9-11-30-14)21(22)24-17-16(19(27)20(17)28)23-13-6-5-7-15(18(13)26)31(29)25(3)4/h5-7,9,11,21,23-24,26H,8,10H2,1-4H3. The minimum Gasteiger partial charge on any atom is -0.505 e. The van der Waals surface area contributed by atoms with Crippen LogP contribution in [-0.2, 0) is 17.4 Å². The fourth-order valence-corrected chi connectivity index (χ4v) is 4.84. The van der Waals surface area contributed by atoms with Crippen LogP contribution in [0.3, 0.4) is 0 Å². The molecule has 1 aliphatic carbocycles. The van der Waals surface area contributed by atoms with Crippen LogP contribution in [-0.4, -0.2) is 27.7 Å². The lowest BCUT2D eigenvalue weighted by Gasteiger charge is -2.39. The van der Waals surface area contributed by atoms with E-state index in [1.165, 1.54) is 4.31 Å². The summed E-state index contributed by atoms with van der Waals surface area (Å²) >= 11 is 0. The Bertz CT molecular complexity index is 1240. The van der Waals surface area contributed by atoms with Crippen molar-refractivity contribution in [1.82, 2.24) is 4.31 Å². The Labute approximate surface area is 182 Å². The fraction of sp³-hybridized carbons (Fsp3) is 0.364. The van der Waals surface area contributed by atoms with E-state index < -0.39 is 21.8 Å². The van der Waals surface area contributed by atoms with Crippen LogP contribution in [0, 0.1) is 5.41 Å². The topological polar surface area (TPSA) is 112 Å². The molecule has 2 atom stereocenters. The average Bonchev–Trinajstić information content (AvgIpc) is 3.20. The SMILES string of the molecule is CN(C)S(=O)c1cccc(Nc2c(NC3c4ccoc4CCC3(C)C)c(=O)c2=O)c1O. The van der Waals surface area contributed by atoms with Gasteiger partial charge in [0, 0.05) is 12.0 Å². The summed E-state index contributed by atoms with van der Waals surface area (Å²) in [6, 6.07) is 6.41. The van der Waals surface area contributed by atoms with E-state index in [1.54, 1.807) is 38.6 Å². The van der Waals surface area contributed by atoms with Crippen molar-refractivity contribution >= 4 is 28.0 Å². The van der Waals surface area contributed by atoms with Gasteiger partial charge >= 0.3 is 0 Å². The van der Waals surface area contributed by atoms with Crippen LogP contribution in [0.2, 0.25) is 0 Å². The molecule has 0 saturated heterocycles. The molecular weight excluding hydrogens is 418 g/mol. The summed E-state index contributed by atoms with van der Waals surface area (Å²) in [6.07, 6.45) is 3.31. The summed E-state index contributed by atoms with van der Waals surface area (Å²) in [5.41, 5.74) is -0.00615. The van der Waals surface area contributed by atoms with Crippen molar-refractivity contribution in [1.29, 1.82) is 0 Å². The number of benzene rings is 1. The Balaban J connectivity index is 1.67. The minimum atomic E-state index is -1.57. The zero-order valence-electron chi connectivity index (χ0n) is 17.8. The maximum absolute atomic E-state index is 12.4. The molecule has 1 aliphatic rings. The number of hydrogen-bond donors (Lipinski definition) is 3. The monoisotopic (exact) mass is 443 g/mol. The second-order valence-corrected chi connectivity index (χ2v) is 10.3. The van der Waals surface area contributed by atoms with E-state index in [4.69, 9.17) is 4.42 Å². The molecule has 4 rings (SSSR count). The third-order valence-corrected chi connectivity index (χ3v) is 7.22. The molecule has 1 aromatic heterocycles. The van der Waals surface area contributed by atoms with E-state index in [9.17, 15) is 18.9 Å². The van der Waals surface area contributed by atoms with Gasteiger partial charge in [0.25, 0.3) is 10.9 Å². The molecule has 2 aromatic carbocycles. The van der Waals surface area contributed by atoms with Gasteiger partial charge in [0.05, 0.1) is 22.9 Å². The van der Waals surface area contributed by atoms with Gasteiger partial charge in [-0.1, -0.05) is 19.9 Å². The molecular formula is C22H25N3O5S. The first kappa shape index (κ1) is 21.3. The Kier molecular flexibility index (Phi) is 5.26. The van der Waals surface area contributed by atoms with Crippen LogP contribution in [0.15, 0.2) is 49.4 Å². The van der Waals surface area contributed by atoms with Crippen molar-refractivity contribution in [2.45, 2.75) is 37.6 Å². The summed E-state index contributed by atoms with van der Waals surface area (Å²) in [5.74, 6) is 0.644. The van der Waals surface area contributed by atoms with Gasteiger partial charge < -0.3 is 20.2 Å². The molecule has 164 valence electrons. The summed E-state index contributed by atoms with van der Waals surface area (Å²) in [5, 5.41) is 16.7. The average molecular weight is 444 g/mol. The molecule has 0 radical (unpaired) electrons. The predicted octanol–water partition coefficient (Wildman–Crippen LogP) is 3.03. The van der Waals surface area contributed by atoms with Crippen LogP contribution in [0.4, 0.5) is 17.1 Å². The number of nitrogens with zero attached hydrogens (tertiary/aromatic N) is 1. The second-order valence-electron chi connectivity index (χ2n) is 8.61. The number of phenolic OH excluding ortho intramolecular Hbond substituents is 1. The zero-order valence-corrected chi connectivity index (χ0v) is 18.6. The lowest BCUT2D eigenvalue weighted by Crippen LogP contribution is -2.41. The number of nitrogens with one attached hydrogen (secondary N) is 2. The van der Waals surface area contributed by atoms with Crippen LogP contribution >= 0.6 is 0 Å². The van der Waals surface area contributed by atoms with Crippen molar-refractivity contribution in [2.24, 2.45) is 5.41 Å². The molecule has 0 aliphatic heterocycles. The highest BCUT2D eigenvalue weighted by Gasteiger charge is 2.39. The third kappa shape index (κ3) is 3.57. The number of aromatic hydroxyl groups is 1. The predicted molar refractivity (Wildman–Crippen MR) is 120 cm³/mol. The number of furan rings is 1. The Morgan fingerprint density at radius 3 is 2.58 bits per heavy atom. The van der Waals surface area contributed by atoms with E-state index >= 15 is 0 Å². The molecule has 31 heavy (non-hydrogen) atoms. The second kappa shape index (κ2) is 7.65. The fourth-order valence-electron chi connectivity index (χ4n) is 3.97. The molecule has 0 bridgehead atoms.